The quantitative estimate of drug-likeness (QED) is 0.736. The first kappa shape index (κ1) is 13.7. The first-order valence-corrected chi connectivity index (χ1v) is 6.96. The predicted octanol–water partition coefficient (Wildman–Crippen LogP) is 4.81. The fourth-order valence-corrected chi connectivity index (χ4v) is 2.29. The first-order valence-electron chi connectivity index (χ1n) is 5.89. The highest BCUT2D eigenvalue weighted by molar-refractivity contribution is 14.1. The van der Waals surface area contributed by atoms with Gasteiger partial charge in [-0.3, -0.25) is 0 Å². The van der Waals surface area contributed by atoms with Crippen LogP contribution in [0.2, 0.25) is 0 Å². The van der Waals surface area contributed by atoms with Gasteiger partial charge in [-0.25, -0.2) is 4.39 Å². The van der Waals surface area contributed by atoms with E-state index in [0.29, 0.717) is 6.04 Å². The van der Waals surface area contributed by atoms with Gasteiger partial charge < -0.3 is 5.32 Å². The molecule has 0 heterocycles. The van der Waals surface area contributed by atoms with Crippen LogP contribution in [-0.4, -0.2) is 6.04 Å². The molecular formula is C13H19FIN. The third kappa shape index (κ3) is 4.28. The molecule has 90 valence electrons. The summed E-state index contributed by atoms with van der Waals surface area (Å²) in [6, 6.07) is 5.40. The van der Waals surface area contributed by atoms with E-state index in [-0.39, 0.29) is 5.82 Å². The van der Waals surface area contributed by atoms with E-state index in [9.17, 15) is 4.39 Å². The molecule has 1 aromatic rings. The standard InChI is InChI=1S/C13H19FIN/c1-3-5-6-11(4-2)16-13-8-7-10(14)9-12(13)15/h7-9,11,16H,3-6H2,1-2H3. The molecule has 3 heteroatoms. The van der Waals surface area contributed by atoms with Gasteiger partial charge in [-0.2, -0.15) is 0 Å². The van der Waals surface area contributed by atoms with Gasteiger partial charge in [0.05, 0.1) is 0 Å². The Hall–Kier alpha value is -0.320. The Morgan fingerprint density at radius 2 is 2.12 bits per heavy atom. The minimum absolute atomic E-state index is 0.170. The lowest BCUT2D eigenvalue weighted by Gasteiger charge is -2.19. The summed E-state index contributed by atoms with van der Waals surface area (Å²) in [5.41, 5.74) is 1.05. The van der Waals surface area contributed by atoms with E-state index in [4.69, 9.17) is 0 Å². The summed E-state index contributed by atoms with van der Waals surface area (Å²) in [7, 11) is 0. The lowest BCUT2D eigenvalue weighted by atomic mass is 10.1. The highest BCUT2D eigenvalue weighted by Gasteiger charge is 2.08. The van der Waals surface area contributed by atoms with Crippen molar-refractivity contribution in [3.63, 3.8) is 0 Å². The van der Waals surface area contributed by atoms with Crippen molar-refractivity contribution in [2.75, 3.05) is 5.32 Å². The highest BCUT2D eigenvalue weighted by Crippen LogP contribution is 2.21. The van der Waals surface area contributed by atoms with Gasteiger partial charge in [-0.15, -0.1) is 0 Å². The Labute approximate surface area is 111 Å². The van der Waals surface area contributed by atoms with Crippen LogP contribution in [0.25, 0.3) is 0 Å². The summed E-state index contributed by atoms with van der Waals surface area (Å²) in [5, 5.41) is 3.48. The van der Waals surface area contributed by atoms with Gasteiger partial charge in [0, 0.05) is 15.3 Å². The lowest BCUT2D eigenvalue weighted by molar-refractivity contribution is 0.592. The monoisotopic (exact) mass is 335 g/mol. The zero-order chi connectivity index (χ0) is 12.0. The molecule has 1 nitrogen and oxygen atoms in total. The van der Waals surface area contributed by atoms with Crippen LogP contribution in [-0.2, 0) is 0 Å². The molecule has 1 atom stereocenters. The zero-order valence-electron chi connectivity index (χ0n) is 9.89. The Morgan fingerprint density at radius 3 is 2.69 bits per heavy atom. The SMILES string of the molecule is CCCCC(CC)Nc1ccc(F)cc1I. The van der Waals surface area contributed by atoms with Crippen molar-refractivity contribution >= 4 is 28.3 Å². The molecule has 0 saturated heterocycles. The van der Waals surface area contributed by atoms with Crippen molar-refractivity contribution in [1.29, 1.82) is 0 Å². The van der Waals surface area contributed by atoms with E-state index >= 15 is 0 Å². The number of halogens is 2. The maximum Gasteiger partial charge on any atom is 0.124 e. The summed E-state index contributed by atoms with van der Waals surface area (Å²) in [6.07, 6.45) is 4.75. The van der Waals surface area contributed by atoms with Crippen molar-refractivity contribution in [2.45, 2.75) is 45.6 Å². The smallest absolute Gasteiger partial charge is 0.124 e. The number of hydrogen-bond donors (Lipinski definition) is 1. The minimum Gasteiger partial charge on any atom is -0.381 e. The molecule has 1 rings (SSSR count). The second-order valence-corrected chi connectivity index (χ2v) is 5.18. The zero-order valence-corrected chi connectivity index (χ0v) is 12.1. The van der Waals surface area contributed by atoms with E-state index in [1.54, 1.807) is 6.07 Å². The third-order valence-corrected chi connectivity index (χ3v) is 3.58. The summed E-state index contributed by atoms with van der Waals surface area (Å²) >= 11 is 2.17. The first-order chi connectivity index (χ1) is 7.67. The maximum absolute atomic E-state index is 12.9. The highest BCUT2D eigenvalue weighted by atomic mass is 127. The van der Waals surface area contributed by atoms with Crippen molar-refractivity contribution in [2.24, 2.45) is 0 Å². The Kier molecular flexibility index (Phi) is 6.09. The molecule has 16 heavy (non-hydrogen) atoms. The van der Waals surface area contributed by atoms with Gasteiger partial charge in [-0.05, 0) is 53.6 Å². The molecule has 0 aliphatic carbocycles. The van der Waals surface area contributed by atoms with E-state index in [0.717, 1.165) is 15.7 Å². The van der Waals surface area contributed by atoms with Gasteiger partial charge >= 0.3 is 0 Å². The van der Waals surface area contributed by atoms with Crippen LogP contribution in [0.1, 0.15) is 39.5 Å². The van der Waals surface area contributed by atoms with Crippen LogP contribution in [0.15, 0.2) is 18.2 Å². The second kappa shape index (κ2) is 7.09. The average molecular weight is 335 g/mol. The Morgan fingerprint density at radius 1 is 1.38 bits per heavy atom. The van der Waals surface area contributed by atoms with Crippen LogP contribution >= 0.6 is 22.6 Å². The number of anilines is 1. The van der Waals surface area contributed by atoms with Crippen LogP contribution in [0.3, 0.4) is 0 Å². The normalized spacial score (nSPS) is 12.5. The average Bonchev–Trinajstić information content (AvgIpc) is 2.27. The Bertz CT molecular complexity index is 328. The summed E-state index contributed by atoms with van der Waals surface area (Å²) < 4.78 is 13.9. The number of hydrogen-bond acceptors (Lipinski definition) is 1. The molecule has 0 spiro atoms. The molecule has 0 radical (unpaired) electrons. The van der Waals surface area contributed by atoms with Crippen molar-refractivity contribution < 1.29 is 4.39 Å². The molecule has 1 N–H and O–H groups in total. The van der Waals surface area contributed by atoms with Crippen LogP contribution in [0, 0.1) is 9.39 Å². The van der Waals surface area contributed by atoms with E-state index in [2.05, 4.69) is 41.8 Å². The molecule has 0 amide bonds. The number of rotatable bonds is 6. The topological polar surface area (TPSA) is 12.0 Å². The van der Waals surface area contributed by atoms with Gasteiger partial charge in [0.2, 0.25) is 0 Å². The second-order valence-electron chi connectivity index (χ2n) is 4.02. The molecule has 0 bridgehead atoms. The molecule has 0 aliphatic rings. The number of unbranched alkanes of at least 4 members (excludes halogenated alkanes) is 1. The van der Waals surface area contributed by atoms with E-state index < -0.39 is 0 Å². The number of benzene rings is 1. The molecule has 1 unspecified atom stereocenters. The number of nitrogens with one attached hydrogen (secondary N) is 1. The summed E-state index contributed by atoms with van der Waals surface area (Å²) in [4.78, 5) is 0. The largest absolute Gasteiger partial charge is 0.381 e. The van der Waals surface area contributed by atoms with E-state index in [1.807, 2.05) is 6.07 Å². The van der Waals surface area contributed by atoms with Gasteiger partial charge in [0.15, 0.2) is 0 Å². The third-order valence-electron chi connectivity index (χ3n) is 2.69. The molecule has 0 fully saturated rings. The Balaban J connectivity index is 2.62. The molecule has 0 aromatic heterocycles. The molecule has 0 aliphatic heterocycles. The van der Waals surface area contributed by atoms with Crippen LogP contribution < -0.4 is 5.32 Å². The minimum atomic E-state index is -0.170. The fraction of sp³-hybridized carbons (Fsp3) is 0.538. The maximum atomic E-state index is 12.9. The van der Waals surface area contributed by atoms with Gasteiger partial charge in [0.25, 0.3) is 0 Å². The van der Waals surface area contributed by atoms with Crippen LogP contribution in [0.5, 0.6) is 0 Å². The van der Waals surface area contributed by atoms with E-state index in [1.165, 1.54) is 25.3 Å². The van der Waals surface area contributed by atoms with Crippen LogP contribution in [0.4, 0.5) is 10.1 Å². The van der Waals surface area contributed by atoms with Crippen molar-refractivity contribution in [1.82, 2.24) is 0 Å². The lowest BCUT2D eigenvalue weighted by Crippen LogP contribution is -2.18. The summed E-state index contributed by atoms with van der Waals surface area (Å²) in [6.45, 7) is 4.39. The van der Waals surface area contributed by atoms with Crippen molar-refractivity contribution in [3.8, 4) is 0 Å². The summed E-state index contributed by atoms with van der Waals surface area (Å²) in [5.74, 6) is -0.170. The molecule has 1 aromatic carbocycles. The van der Waals surface area contributed by atoms with Gasteiger partial charge in [0.1, 0.15) is 5.82 Å². The predicted molar refractivity (Wildman–Crippen MR) is 76.3 cm³/mol. The fourth-order valence-electron chi connectivity index (χ4n) is 1.66. The molecule has 0 saturated carbocycles. The van der Waals surface area contributed by atoms with Gasteiger partial charge in [-0.1, -0.05) is 26.7 Å². The van der Waals surface area contributed by atoms with Crippen molar-refractivity contribution in [3.05, 3.63) is 27.6 Å². The molecular weight excluding hydrogens is 316 g/mol.